The van der Waals surface area contributed by atoms with Gasteiger partial charge in [0, 0.05) is 6.04 Å². The Kier molecular flexibility index (Phi) is 4.35. The van der Waals surface area contributed by atoms with Gasteiger partial charge in [0.2, 0.25) is 0 Å². The van der Waals surface area contributed by atoms with E-state index in [1.165, 1.54) is 12.1 Å². The number of halogens is 3. The Hall–Kier alpha value is -1.03. The molecule has 0 unspecified atom stereocenters. The number of alkyl halides is 3. The van der Waals surface area contributed by atoms with E-state index < -0.39 is 11.7 Å². The first-order valence-corrected chi connectivity index (χ1v) is 5.27. The van der Waals surface area contributed by atoms with Crippen molar-refractivity contribution in [1.82, 2.24) is 5.32 Å². The summed E-state index contributed by atoms with van der Waals surface area (Å²) in [6.07, 6.45) is -2.76. The second-order valence-corrected chi connectivity index (χ2v) is 3.93. The molecule has 0 aromatic heterocycles. The van der Waals surface area contributed by atoms with Gasteiger partial charge >= 0.3 is 6.18 Å². The van der Waals surface area contributed by atoms with Gasteiger partial charge in [0.15, 0.2) is 0 Å². The minimum absolute atomic E-state index is 0.314. The summed E-state index contributed by atoms with van der Waals surface area (Å²) < 4.78 is 37.3. The van der Waals surface area contributed by atoms with Crippen molar-refractivity contribution in [3.8, 4) is 0 Å². The standard InChI is InChI=1S/C12H16F3N/c1-9(16-2)6-7-10-4-3-5-11(8-10)12(13,14)15/h3-5,8-9,16H,6-7H2,1-2H3/t9-/m1/s1. The largest absolute Gasteiger partial charge is 0.416 e. The van der Waals surface area contributed by atoms with E-state index in [1.54, 1.807) is 6.07 Å². The SMILES string of the molecule is CN[C@H](C)CCc1cccc(C(F)(F)F)c1. The van der Waals surface area contributed by atoms with E-state index >= 15 is 0 Å². The van der Waals surface area contributed by atoms with E-state index in [2.05, 4.69) is 5.32 Å². The van der Waals surface area contributed by atoms with Crippen LogP contribution in [0, 0.1) is 0 Å². The van der Waals surface area contributed by atoms with E-state index in [1.807, 2.05) is 14.0 Å². The number of hydrogen-bond acceptors (Lipinski definition) is 1. The van der Waals surface area contributed by atoms with E-state index in [0.29, 0.717) is 12.5 Å². The fourth-order valence-corrected chi connectivity index (χ4v) is 1.43. The average molecular weight is 231 g/mol. The van der Waals surface area contributed by atoms with Gasteiger partial charge in [0.25, 0.3) is 0 Å². The number of hydrogen-bond donors (Lipinski definition) is 1. The maximum Gasteiger partial charge on any atom is 0.416 e. The maximum atomic E-state index is 12.4. The van der Waals surface area contributed by atoms with Crippen molar-refractivity contribution in [2.24, 2.45) is 0 Å². The lowest BCUT2D eigenvalue weighted by Gasteiger charge is -2.11. The Morgan fingerprint density at radius 2 is 2.00 bits per heavy atom. The summed E-state index contributed by atoms with van der Waals surface area (Å²) in [7, 11) is 1.84. The maximum absolute atomic E-state index is 12.4. The summed E-state index contributed by atoms with van der Waals surface area (Å²) in [6, 6.07) is 5.84. The van der Waals surface area contributed by atoms with E-state index in [-0.39, 0.29) is 0 Å². The van der Waals surface area contributed by atoms with Gasteiger partial charge in [-0.1, -0.05) is 18.2 Å². The molecular weight excluding hydrogens is 215 g/mol. The predicted molar refractivity (Wildman–Crippen MR) is 58.3 cm³/mol. The highest BCUT2D eigenvalue weighted by Gasteiger charge is 2.30. The van der Waals surface area contributed by atoms with Crippen molar-refractivity contribution in [2.75, 3.05) is 7.05 Å². The van der Waals surface area contributed by atoms with Crippen LogP contribution in [0.4, 0.5) is 13.2 Å². The molecule has 0 aliphatic heterocycles. The molecule has 0 saturated carbocycles. The minimum atomic E-state index is -4.25. The zero-order chi connectivity index (χ0) is 12.2. The molecule has 1 aromatic carbocycles. The van der Waals surface area contributed by atoms with Crippen molar-refractivity contribution in [3.05, 3.63) is 35.4 Å². The van der Waals surface area contributed by atoms with Gasteiger partial charge in [-0.05, 0) is 38.4 Å². The smallest absolute Gasteiger partial charge is 0.317 e. The van der Waals surface area contributed by atoms with Gasteiger partial charge in [0.1, 0.15) is 0 Å². The lowest BCUT2D eigenvalue weighted by Crippen LogP contribution is -2.21. The van der Waals surface area contributed by atoms with Crippen LogP contribution in [0.2, 0.25) is 0 Å². The van der Waals surface area contributed by atoms with E-state index in [4.69, 9.17) is 0 Å². The molecule has 0 aliphatic rings. The van der Waals surface area contributed by atoms with Crippen molar-refractivity contribution in [2.45, 2.75) is 32.0 Å². The van der Waals surface area contributed by atoms with Crippen LogP contribution in [0.1, 0.15) is 24.5 Å². The van der Waals surface area contributed by atoms with Crippen LogP contribution >= 0.6 is 0 Å². The van der Waals surface area contributed by atoms with Crippen LogP contribution in [-0.4, -0.2) is 13.1 Å². The minimum Gasteiger partial charge on any atom is -0.317 e. The Morgan fingerprint density at radius 3 is 2.56 bits per heavy atom. The molecule has 4 heteroatoms. The second-order valence-electron chi connectivity index (χ2n) is 3.93. The predicted octanol–water partition coefficient (Wildman–Crippen LogP) is 3.25. The Morgan fingerprint density at radius 1 is 1.31 bits per heavy atom. The summed E-state index contributed by atoms with van der Waals surface area (Å²) in [5.41, 5.74) is 0.166. The van der Waals surface area contributed by atoms with E-state index in [9.17, 15) is 13.2 Å². The van der Waals surface area contributed by atoms with Crippen LogP contribution in [-0.2, 0) is 12.6 Å². The second kappa shape index (κ2) is 5.34. The third-order valence-electron chi connectivity index (χ3n) is 2.61. The van der Waals surface area contributed by atoms with Crippen molar-refractivity contribution in [3.63, 3.8) is 0 Å². The number of benzene rings is 1. The highest BCUT2D eigenvalue weighted by molar-refractivity contribution is 5.25. The summed E-state index contributed by atoms with van der Waals surface area (Å²) >= 11 is 0. The van der Waals surface area contributed by atoms with Crippen molar-refractivity contribution >= 4 is 0 Å². The average Bonchev–Trinajstić information content (AvgIpc) is 2.25. The molecule has 1 rings (SSSR count). The molecule has 0 bridgehead atoms. The first kappa shape index (κ1) is 13.0. The Labute approximate surface area is 93.7 Å². The molecule has 0 radical (unpaired) electrons. The molecule has 1 nitrogen and oxygen atoms in total. The first-order valence-electron chi connectivity index (χ1n) is 5.27. The number of nitrogens with one attached hydrogen (secondary N) is 1. The van der Waals surface area contributed by atoms with Gasteiger partial charge in [-0.2, -0.15) is 13.2 Å². The van der Waals surface area contributed by atoms with Crippen LogP contribution in [0.15, 0.2) is 24.3 Å². The molecule has 1 N–H and O–H groups in total. The highest BCUT2D eigenvalue weighted by atomic mass is 19.4. The van der Waals surface area contributed by atoms with Crippen LogP contribution in [0.25, 0.3) is 0 Å². The highest BCUT2D eigenvalue weighted by Crippen LogP contribution is 2.29. The lowest BCUT2D eigenvalue weighted by atomic mass is 10.0. The zero-order valence-electron chi connectivity index (χ0n) is 9.43. The Bertz CT molecular complexity index is 333. The van der Waals surface area contributed by atoms with Crippen molar-refractivity contribution in [1.29, 1.82) is 0 Å². The van der Waals surface area contributed by atoms with Crippen molar-refractivity contribution < 1.29 is 13.2 Å². The lowest BCUT2D eigenvalue weighted by molar-refractivity contribution is -0.137. The van der Waals surface area contributed by atoms with Gasteiger partial charge in [-0.15, -0.1) is 0 Å². The van der Waals surface area contributed by atoms with Gasteiger partial charge in [0.05, 0.1) is 5.56 Å². The molecule has 0 fully saturated rings. The molecule has 0 aliphatic carbocycles. The molecule has 90 valence electrons. The summed E-state index contributed by atoms with van der Waals surface area (Å²) in [4.78, 5) is 0. The molecule has 16 heavy (non-hydrogen) atoms. The molecule has 0 saturated heterocycles. The Balaban J connectivity index is 2.68. The summed E-state index contributed by atoms with van der Waals surface area (Å²) in [5.74, 6) is 0. The molecule has 0 heterocycles. The van der Waals surface area contributed by atoms with Crippen LogP contribution in [0.3, 0.4) is 0 Å². The van der Waals surface area contributed by atoms with Crippen LogP contribution < -0.4 is 5.32 Å². The monoisotopic (exact) mass is 231 g/mol. The summed E-state index contributed by atoms with van der Waals surface area (Å²) in [6.45, 7) is 2.01. The molecular formula is C12H16F3N. The molecule has 0 spiro atoms. The fourth-order valence-electron chi connectivity index (χ4n) is 1.43. The third kappa shape index (κ3) is 3.85. The van der Waals surface area contributed by atoms with Gasteiger partial charge < -0.3 is 5.32 Å². The number of aryl methyl sites for hydroxylation is 1. The molecule has 0 amide bonds. The zero-order valence-corrected chi connectivity index (χ0v) is 9.43. The molecule has 1 aromatic rings. The first-order chi connectivity index (χ1) is 7.43. The number of rotatable bonds is 4. The van der Waals surface area contributed by atoms with Gasteiger partial charge in [-0.3, -0.25) is 0 Å². The topological polar surface area (TPSA) is 12.0 Å². The normalized spacial score (nSPS) is 13.8. The van der Waals surface area contributed by atoms with Gasteiger partial charge in [-0.25, -0.2) is 0 Å². The fraction of sp³-hybridized carbons (Fsp3) is 0.500. The molecule has 1 atom stereocenters. The third-order valence-corrected chi connectivity index (χ3v) is 2.61. The van der Waals surface area contributed by atoms with Crippen LogP contribution in [0.5, 0.6) is 0 Å². The summed E-state index contributed by atoms with van der Waals surface area (Å²) in [5, 5.41) is 3.06. The quantitative estimate of drug-likeness (QED) is 0.838. The van der Waals surface area contributed by atoms with E-state index in [0.717, 1.165) is 18.1 Å².